The van der Waals surface area contributed by atoms with Gasteiger partial charge in [0.2, 0.25) is 0 Å². The predicted octanol–water partition coefficient (Wildman–Crippen LogP) is 3.14. The first-order valence-electron chi connectivity index (χ1n) is 4.60. The summed E-state index contributed by atoms with van der Waals surface area (Å²) in [7, 11) is 0.128. The Hall–Kier alpha value is -0.350. The first-order valence-corrected chi connectivity index (χ1v) is 6.31. The molecule has 1 rings (SSSR count). The van der Waals surface area contributed by atoms with E-state index in [9.17, 15) is 0 Å². The third kappa shape index (κ3) is 2.08. The summed E-state index contributed by atoms with van der Waals surface area (Å²) >= 11 is 0. The molecule has 1 aromatic carbocycles. The molecule has 0 saturated heterocycles. The van der Waals surface area contributed by atoms with Gasteiger partial charge in [-0.1, -0.05) is 46.0 Å². The highest BCUT2D eigenvalue weighted by Gasteiger charge is 2.06. The SMILES string of the molecule is CCP(CC)c1ccccc1C. The molecule has 0 aliphatic heterocycles. The Balaban J connectivity index is 2.92. The second kappa shape index (κ2) is 4.62. The van der Waals surface area contributed by atoms with Gasteiger partial charge in [0.05, 0.1) is 0 Å². The molecule has 0 aromatic heterocycles. The van der Waals surface area contributed by atoms with Crippen LogP contribution < -0.4 is 5.30 Å². The van der Waals surface area contributed by atoms with Crippen LogP contribution >= 0.6 is 7.92 Å². The third-order valence-electron chi connectivity index (χ3n) is 2.22. The van der Waals surface area contributed by atoms with E-state index in [4.69, 9.17) is 0 Å². The summed E-state index contributed by atoms with van der Waals surface area (Å²) in [6.45, 7) is 6.80. The quantitative estimate of drug-likeness (QED) is 0.627. The first kappa shape index (κ1) is 9.74. The molecule has 0 nitrogen and oxygen atoms in total. The maximum Gasteiger partial charge on any atom is -0.0211 e. The average molecular weight is 180 g/mol. The molecular formula is C11H17P. The zero-order valence-corrected chi connectivity index (χ0v) is 9.07. The van der Waals surface area contributed by atoms with Crippen LogP contribution in [0, 0.1) is 6.92 Å². The van der Waals surface area contributed by atoms with Gasteiger partial charge >= 0.3 is 0 Å². The molecule has 1 heteroatoms. The van der Waals surface area contributed by atoms with Gasteiger partial charge in [-0.15, -0.1) is 0 Å². The highest BCUT2D eigenvalue weighted by Crippen LogP contribution is 2.33. The largest absolute Gasteiger partial charge is 0.0756 e. The van der Waals surface area contributed by atoms with Gasteiger partial charge in [-0.05, 0) is 30.1 Å². The number of hydrogen-bond acceptors (Lipinski definition) is 0. The Bertz CT molecular complexity index is 239. The zero-order chi connectivity index (χ0) is 8.97. The van der Waals surface area contributed by atoms with Crippen molar-refractivity contribution in [1.82, 2.24) is 0 Å². The van der Waals surface area contributed by atoms with Crippen molar-refractivity contribution in [3.63, 3.8) is 0 Å². The van der Waals surface area contributed by atoms with Gasteiger partial charge in [-0.3, -0.25) is 0 Å². The maximum absolute atomic E-state index is 2.29. The molecule has 1 aromatic rings. The molecular weight excluding hydrogens is 163 g/mol. The van der Waals surface area contributed by atoms with Crippen LogP contribution in [0.3, 0.4) is 0 Å². The van der Waals surface area contributed by atoms with Crippen LogP contribution in [0.5, 0.6) is 0 Å². The van der Waals surface area contributed by atoms with E-state index >= 15 is 0 Å². The van der Waals surface area contributed by atoms with Crippen LogP contribution in [0.1, 0.15) is 19.4 Å². The predicted molar refractivity (Wildman–Crippen MR) is 58.8 cm³/mol. The summed E-state index contributed by atoms with van der Waals surface area (Å²) < 4.78 is 0. The molecule has 0 aliphatic rings. The van der Waals surface area contributed by atoms with Gasteiger partial charge in [0.15, 0.2) is 0 Å². The van der Waals surface area contributed by atoms with E-state index in [1.807, 2.05) is 0 Å². The standard InChI is InChI=1S/C11H17P/c1-4-12(5-2)11-9-7-6-8-10(11)3/h6-9H,4-5H2,1-3H3. The van der Waals surface area contributed by atoms with Crippen LogP contribution in [0.15, 0.2) is 24.3 Å². The Morgan fingerprint density at radius 1 is 1.08 bits per heavy atom. The van der Waals surface area contributed by atoms with Gasteiger partial charge < -0.3 is 0 Å². The van der Waals surface area contributed by atoms with Crippen molar-refractivity contribution in [2.75, 3.05) is 12.3 Å². The monoisotopic (exact) mass is 180 g/mol. The Kier molecular flexibility index (Phi) is 3.75. The van der Waals surface area contributed by atoms with E-state index in [1.54, 1.807) is 5.30 Å². The smallest absolute Gasteiger partial charge is 0.0211 e. The molecule has 0 bridgehead atoms. The minimum absolute atomic E-state index is 0.128. The Morgan fingerprint density at radius 3 is 2.17 bits per heavy atom. The summed E-state index contributed by atoms with van der Waals surface area (Å²) in [4.78, 5) is 0. The summed E-state index contributed by atoms with van der Waals surface area (Å²) in [5, 5.41) is 1.59. The lowest BCUT2D eigenvalue weighted by Gasteiger charge is -2.15. The third-order valence-corrected chi connectivity index (χ3v) is 4.93. The van der Waals surface area contributed by atoms with Crippen molar-refractivity contribution >= 4 is 13.2 Å². The lowest BCUT2D eigenvalue weighted by Crippen LogP contribution is -2.07. The number of hydrogen-bond donors (Lipinski definition) is 0. The molecule has 0 unspecified atom stereocenters. The molecule has 12 heavy (non-hydrogen) atoms. The normalized spacial score (nSPS) is 10.7. The van der Waals surface area contributed by atoms with Crippen molar-refractivity contribution < 1.29 is 0 Å². The van der Waals surface area contributed by atoms with Crippen molar-refractivity contribution in [1.29, 1.82) is 0 Å². The van der Waals surface area contributed by atoms with Crippen LogP contribution in [0.2, 0.25) is 0 Å². The maximum atomic E-state index is 2.29. The van der Waals surface area contributed by atoms with Gasteiger partial charge in [0.1, 0.15) is 0 Å². The topological polar surface area (TPSA) is 0 Å². The minimum atomic E-state index is 0.128. The van der Waals surface area contributed by atoms with Crippen molar-refractivity contribution in [3.8, 4) is 0 Å². The Morgan fingerprint density at radius 2 is 1.67 bits per heavy atom. The van der Waals surface area contributed by atoms with Crippen LogP contribution in [0.4, 0.5) is 0 Å². The zero-order valence-electron chi connectivity index (χ0n) is 8.17. The molecule has 0 fully saturated rings. The Labute approximate surface area is 76.8 Å². The van der Waals surface area contributed by atoms with Gasteiger partial charge in [0, 0.05) is 0 Å². The molecule has 66 valence electrons. The lowest BCUT2D eigenvalue weighted by atomic mass is 10.2. The molecule has 0 spiro atoms. The summed E-state index contributed by atoms with van der Waals surface area (Å²) in [6, 6.07) is 8.78. The molecule has 0 N–H and O–H groups in total. The van der Waals surface area contributed by atoms with E-state index in [0.29, 0.717) is 0 Å². The summed E-state index contributed by atoms with van der Waals surface area (Å²) in [5.41, 5.74) is 1.47. The second-order valence-electron chi connectivity index (χ2n) is 2.96. The van der Waals surface area contributed by atoms with Crippen molar-refractivity contribution in [2.24, 2.45) is 0 Å². The molecule has 0 amide bonds. The number of benzene rings is 1. The molecule has 0 radical (unpaired) electrons. The van der Waals surface area contributed by atoms with E-state index in [0.717, 1.165) is 0 Å². The number of aryl methyl sites for hydroxylation is 1. The van der Waals surface area contributed by atoms with Crippen LogP contribution in [0.25, 0.3) is 0 Å². The second-order valence-corrected chi connectivity index (χ2v) is 5.79. The van der Waals surface area contributed by atoms with E-state index in [-0.39, 0.29) is 7.92 Å². The summed E-state index contributed by atoms with van der Waals surface area (Å²) in [6.07, 6.45) is 2.63. The van der Waals surface area contributed by atoms with Crippen molar-refractivity contribution in [2.45, 2.75) is 20.8 Å². The fraction of sp³-hybridized carbons (Fsp3) is 0.455. The number of rotatable bonds is 3. The van der Waals surface area contributed by atoms with E-state index in [2.05, 4.69) is 45.0 Å². The van der Waals surface area contributed by atoms with Gasteiger partial charge in [0.25, 0.3) is 0 Å². The minimum Gasteiger partial charge on any atom is -0.0756 e. The highest BCUT2D eigenvalue weighted by molar-refractivity contribution is 7.65. The van der Waals surface area contributed by atoms with E-state index in [1.165, 1.54) is 17.9 Å². The summed E-state index contributed by atoms with van der Waals surface area (Å²) in [5.74, 6) is 0. The average Bonchev–Trinajstić information content (AvgIpc) is 2.10. The first-order chi connectivity index (χ1) is 5.79. The van der Waals surface area contributed by atoms with Gasteiger partial charge in [-0.25, -0.2) is 0 Å². The lowest BCUT2D eigenvalue weighted by molar-refractivity contribution is 1.41. The van der Waals surface area contributed by atoms with E-state index < -0.39 is 0 Å². The fourth-order valence-corrected chi connectivity index (χ4v) is 3.48. The molecule has 0 aliphatic carbocycles. The molecule has 0 saturated carbocycles. The molecule has 0 atom stereocenters. The van der Waals surface area contributed by atoms with Gasteiger partial charge in [-0.2, -0.15) is 0 Å². The molecule has 0 heterocycles. The van der Waals surface area contributed by atoms with Crippen molar-refractivity contribution in [3.05, 3.63) is 29.8 Å². The van der Waals surface area contributed by atoms with Crippen LogP contribution in [-0.2, 0) is 0 Å². The highest BCUT2D eigenvalue weighted by atomic mass is 31.1. The van der Waals surface area contributed by atoms with Crippen LogP contribution in [-0.4, -0.2) is 12.3 Å². The fourth-order valence-electron chi connectivity index (χ4n) is 1.48.